The number of benzene rings is 3. The van der Waals surface area contributed by atoms with Gasteiger partial charge in [-0.3, -0.25) is 28.7 Å². The summed E-state index contributed by atoms with van der Waals surface area (Å²) in [5.41, 5.74) is 10.0. The van der Waals surface area contributed by atoms with Gasteiger partial charge in [0.15, 0.2) is 11.4 Å². The number of aromatic nitrogens is 5. The number of methoxy groups -OCH3 is 1. The maximum Gasteiger partial charge on any atom is 0.308 e. The molecule has 350 valence electrons. The van der Waals surface area contributed by atoms with Crippen molar-refractivity contribution in [3.05, 3.63) is 123 Å². The Hall–Kier alpha value is -6.89. The molecular weight excluding hydrogens is 903 g/mol. The first kappa shape index (κ1) is 46.2. The first-order valence-corrected chi connectivity index (χ1v) is 23.9. The van der Waals surface area contributed by atoms with Crippen molar-refractivity contribution in [2.75, 3.05) is 13.7 Å². The SMILES string of the molecule is COC(=O)C[C@@H]1N=C(c2ccc(-c3ccc4oc(C(=O)N[C@H](C(=O)N5C[C@H](O)C[C@H]5C(=O)NCc5ccc(-c6scnc6C)cc5)C(C)(C)C)nc4c3)cc2)c2c(sc(C)c2C)-n2c(C)nnc21. The molecule has 0 bridgehead atoms. The Morgan fingerprint density at radius 3 is 2.34 bits per heavy atom. The topological polar surface area (TPSA) is 207 Å². The van der Waals surface area contributed by atoms with E-state index >= 15 is 0 Å². The van der Waals surface area contributed by atoms with E-state index in [2.05, 4.69) is 44.6 Å². The van der Waals surface area contributed by atoms with Crippen molar-refractivity contribution in [2.45, 2.75) is 92.1 Å². The van der Waals surface area contributed by atoms with E-state index in [1.54, 1.807) is 28.7 Å². The Kier molecular flexibility index (Phi) is 12.4. The van der Waals surface area contributed by atoms with Crippen LogP contribution in [-0.4, -0.2) is 96.0 Å². The molecular formula is C50H51N9O7S2. The summed E-state index contributed by atoms with van der Waals surface area (Å²) in [7, 11) is 1.36. The van der Waals surface area contributed by atoms with Gasteiger partial charge in [-0.05, 0) is 73.1 Å². The smallest absolute Gasteiger partial charge is 0.308 e. The van der Waals surface area contributed by atoms with Crippen LogP contribution in [0.3, 0.4) is 0 Å². The summed E-state index contributed by atoms with van der Waals surface area (Å²) < 4.78 is 13.0. The standard InChI is InChI=1S/C50H51N9O7S2/c1-25-27(3)68-49-40(25)41(53-36(21-39(61)65-8)44-57-56-28(4)59(44)49)31-15-13-30(14-16-31)33-17-18-38-35(19-33)54-47(66-38)46(63)55-43(50(5,6)7)48(64)58-23-34(60)20-37(58)45(62)51-22-29-9-11-32(12-10-29)42-26(2)52-24-67-42/h9-19,24,34,36-37,43,60H,20-23H2,1-8H3,(H,51,62)(H,55,63)/t34-,36+,37+,43-/m1/s1. The molecule has 4 atom stereocenters. The van der Waals surface area contributed by atoms with Crippen LogP contribution in [0.15, 0.2) is 81.7 Å². The second-order valence-electron chi connectivity index (χ2n) is 18.3. The lowest BCUT2D eigenvalue weighted by atomic mass is 9.85. The third kappa shape index (κ3) is 8.86. The van der Waals surface area contributed by atoms with Gasteiger partial charge in [0.1, 0.15) is 34.5 Å². The van der Waals surface area contributed by atoms with Crippen molar-refractivity contribution in [2.24, 2.45) is 10.4 Å². The largest absolute Gasteiger partial charge is 0.469 e. The maximum atomic E-state index is 14.3. The van der Waals surface area contributed by atoms with E-state index in [9.17, 15) is 24.3 Å². The molecule has 16 nitrogen and oxygen atoms in total. The second-order valence-corrected chi connectivity index (χ2v) is 20.4. The predicted molar refractivity (Wildman–Crippen MR) is 259 cm³/mol. The number of carbonyl (C=O) groups is 4. The Morgan fingerprint density at radius 2 is 1.65 bits per heavy atom. The molecule has 0 saturated carbocycles. The number of aryl methyl sites for hydroxylation is 3. The number of nitrogens with one attached hydrogen (secondary N) is 2. The number of thiophene rings is 1. The number of aliphatic imine (C=N–C) groups is 1. The highest BCUT2D eigenvalue weighted by Gasteiger charge is 2.45. The number of aliphatic hydroxyl groups excluding tert-OH is 1. The van der Waals surface area contributed by atoms with E-state index in [4.69, 9.17) is 14.1 Å². The molecule has 3 N–H and O–H groups in total. The highest BCUT2D eigenvalue weighted by atomic mass is 32.1. The first-order chi connectivity index (χ1) is 32.5. The van der Waals surface area contributed by atoms with Gasteiger partial charge < -0.3 is 29.8 Å². The molecule has 18 heteroatoms. The number of esters is 1. The van der Waals surface area contributed by atoms with Crippen LogP contribution in [0.4, 0.5) is 0 Å². The zero-order valence-electron chi connectivity index (χ0n) is 38.9. The number of thiazole rings is 1. The molecule has 0 unspecified atom stereocenters. The molecule has 0 aliphatic carbocycles. The highest BCUT2D eigenvalue weighted by molar-refractivity contribution is 7.15. The van der Waals surface area contributed by atoms with E-state index in [1.165, 1.54) is 12.0 Å². The second kappa shape index (κ2) is 18.3. The Balaban J connectivity index is 0.908. The Bertz CT molecular complexity index is 3120. The van der Waals surface area contributed by atoms with Crippen LogP contribution in [0.5, 0.6) is 0 Å². The molecule has 3 aromatic carbocycles. The quantitative estimate of drug-likeness (QED) is 0.109. The number of β-amino-alcohol motifs (C(OH)–C–C–N with tert-alkyl or cyclic N) is 1. The number of rotatable bonds is 11. The molecule has 9 rings (SSSR count). The minimum absolute atomic E-state index is 0.00203. The van der Waals surface area contributed by atoms with Crippen LogP contribution < -0.4 is 10.6 Å². The van der Waals surface area contributed by atoms with E-state index < -0.39 is 53.3 Å². The minimum atomic E-state index is -1.09. The van der Waals surface area contributed by atoms with Gasteiger partial charge in [0.25, 0.3) is 5.89 Å². The van der Waals surface area contributed by atoms with Gasteiger partial charge in [0.2, 0.25) is 11.8 Å². The fourth-order valence-corrected chi connectivity index (χ4v) is 10.8. The van der Waals surface area contributed by atoms with E-state index in [0.29, 0.717) is 22.7 Å². The van der Waals surface area contributed by atoms with Crippen LogP contribution in [0, 0.1) is 33.1 Å². The molecule has 1 saturated heterocycles. The van der Waals surface area contributed by atoms with Gasteiger partial charge in [0.05, 0.1) is 41.4 Å². The van der Waals surface area contributed by atoms with Crippen molar-refractivity contribution < 1.29 is 33.4 Å². The summed E-state index contributed by atoms with van der Waals surface area (Å²) in [5.74, 6) is -0.942. The van der Waals surface area contributed by atoms with E-state index in [0.717, 1.165) is 65.1 Å². The molecule has 68 heavy (non-hydrogen) atoms. The van der Waals surface area contributed by atoms with Gasteiger partial charge in [-0.15, -0.1) is 32.9 Å². The monoisotopic (exact) mass is 953 g/mol. The predicted octanol–water partition coefficient (Wildman–Crippen LogP) is 7.37. The summed E-state index contributed by atoms with van der Waals surface area (Å²) in [4.78, 5) is 72.0. The van der Waals surface area contributed by atoms with Crippen LogP contribution in [-0.2, 0) is 25.7 Å². The normalized spacial score (nSPS) is 17.3. The fraction of sp³-hybridized carbons (Fsp3) is 0.340. The van der Waals surface area contributed by atoms with Crippen LogP contribution in [0.1, 0.15) is 94.8 Å². The first-order valence-electron chi connectivity index (χ1n) is 22.2. The van der Waals surface area contributed by atoms with Gasteiger partial charge in [-0.25, -0.2) is 9.97 Å². The van der Waals surface area contributed by atoms with Gasteiger partial charge in [-0.1, -0.05) is 75.4 Å². The molecule has 3 amide bonds. The summed E-state index contributed by atoms with van der Waals surface area (Å²) in [6.07, 6.45) is -0.850. The van der Waals surface area contributed by atoms with Crippen molar-refractivity contribution in [3.63, 3.8) is 0 Å². The lowest BCUT2D eigenvalue weighted by Gasteiger charge is -2.35. The zero-order chi connectivity index (χ0) is 48.2. The lowest BCUT2D eigenvalue weighted by molar-refractivity contribution is -0.142. The number of nitrogens with zero attached hydrogens (tertiary/aromatic N) is 7. The number of oxazole rings is 1. The summed E-state index contributed by atoms with van der Waals surface area (Å²) in [6, 6.07) is 18.6. The van der Waals surface area contributed by atoms with Crippen LogP contribution >= 0.6 is 22.7 Å². The number of fused-ring (bicyclic) bond motifs is 4. The molecule has 2 aliphatic heterocycles. The number of amides is 3. The van der Waals surface area contributed by atoms with Crippen molar-refractivity contribution in [1.29, 1.82) is 0 Å². The number of ether oxygens (including phenoxy) is 1. The Labute approximate surface area is 400 Å². The molecule has 7 aromatic rings. The number of likely N-dealkylation sites (tertiary alicyclic amines) is 1. The Morgan fingerprint density at radius 1 is 0.941 bits per heavy atom. The zero-order valence-corrected chi connectivity index (χ0v) is 40.5. The summed E-state index contributed by atoms with van der Waals surface area (Å²) in [5, 5.41) is 26.2. The van der Waals surface area contributed by atoms with Gasteiger partial charge in [0, 0.05) is 35.5 Å². The van der Waals surface area contributed by atoms with E-state index in [1.807, 2.05) is 105 Å². The average molecular weight is 954 g/mol. The average Bonchev–Trinajstić information content (AvgIpc) is 4.16. The van der Waals surface area contributed by atoms with Gasteiger partial charge >= 0.3 is 11.9 Å². The lowest BCUT2D eigenvalue weighted by Crippen LogP contribution is -2.57. The maximum absolute atomic E-state index is 14.3. The summed E-state index contributed by atoms with van der Waals surface area (Å²) in [6.45, 7) is 13.6. The van der Waals surface area contributed by atoms with Crippen molar-refractivity contribution in [3.8, 4) is 26.6 Å². The highest BCUT2D eigenvalue weighted by Crippen LogP contribution is 2.40. The number of carbonyl (C=O) groups excluding carboxylic acids is 4. The van der Waals surface area contributed by atoms with Gasteiger partial charge in [-0.2, -0.15) is 0 Å². The number of hydrogen-bond donors (Lipinski definition) is 3. The molecule has 6 heterocycles. The minimum Gasteiger partial charge on any atom is -0.469 e. The fourth-order valence-electron chi connectivity index (χ4n) is 8.76. The van der Waals surface area contributed by atoms with Crippen LogP contribution in [0.25, 0.3) is 37.7 Å². The van der Waals surface area contributed by atoms with E-state index in [-0.39, 0.29) is 31.8 Å². The van der Waals surface area contributed by atoms with Crippen molar-refractivity contribution >= 4 is 63.2 Å². The third-order valence-electron chi connectivity index (χ3n) is 12.6. The number of hydrogen-bond acceptors (Lipinski definition) is 14. The van der Waals surface area contributed by atoms with Crippen LogP contribution in [0.2, 0.25) is 0 Å². The molecule has 0 spiro atoms. The molecule has 4 aromatic heterocycles. The number of aliphatic hydroxyl groups is 1. The summed E-state index contributed by atoms with van der Waals surface area (Å²) >= 11 is 3.20. The van der Waals surface area contributed by atoms with Crippen molar-refractivity contribution in [1.82, 2.24) is 40.3 Å². The third-order valence-corrected chi connectivity index (χ3v) is 14.8. The molecule has 2 aliphatic rings. The molecule has 0 radical (unpaired) electrons. The molecule has 1 fully saturated rings.